The molecule has 2 atom stereocenters. The minimum absolute atomic E-state index is 0.0884. The highest BCUT2D eigenvalue weighted by molar-refractivity contribution is 6.02. The first kappa shape index (κ1) is 15.2. The SMILES string of the molecule is Cc1cc(C)c2c(c1)-c1ccccc1/C2=C\[C@@H]1C[C@@H](O)CC(=O)O1. The van der Waals surface area contributed by atoms with Gasteiger partial charge < -0.3 is 9.84 Å². The zero-order valence-corrected chi connectivity index (χ0v) is 13.9. The number of esters is 1. The van der Waals surface area contributed by atoms with E-state index in [0.717, 1.165) is 11.1 Å². The van der Waals surface area contributed by atoms with E-state index in [0.29, 0.717) is 6.42 Å². The summed E-state index contributed by atoms with van der Waals surface area (Å²) in [7, 11) is 0. The van der Waals surface area contributed by atoms with E-state index in [1.807, 2.05) is 18.2 Å². The van der Waals surface area contributed by atoms with Crippen molar-refractivity contribution in [2.75, 3.05) is 0 Å². The lowest BCUT2D eigenvalue weighted by Crippen LogP contribution is -2.31. The highest BCUT2D eigenvalue weighted by Gasteiger charge is 2.30. The Labute approximate surface area is 141 Å². The van der Waals surface area contributed by atoms with E-state index in [2.05, 4.69) is 38.1 Å². The Kier molecular flexibility index (Phi) is 3.54. The van der Waals surface area contributed by atoms with Crippen LogP contribution in [0.5, 0.6) is 0 Å². The Balaban J connectivity index is 1.87. The van der Waals surface area contributed by atoms with Crippen LogP contribution >= 0.6 is 0 Å². The summed E-state index contributed by atoms with van der Waals surface area (Å²) >= 11 is 0. The first-order valence-corrected chi connectivity index (χ1v) is 8.33. The second-order valence-corrected chi connectivity index (χ2v) is 6.75. The average molecular weight is 320 g/mol. The van der Waals surface area contributed by atoms with Crippen LogP contribution in [0.15, 0.2) is 42.5 Å². The molecule has 3 heteroatoms. The molecule has 0 aromatic heterocycles. The number of hydrogen-bond acceptors (Lipinski definition) is 3. The lowest BCUT2D eigenvalue weighted by Gasteiger charge is -2.24. The fraction of sp³-hybridized carbons (Fsp3) is 0.286. The summed E-state index contributed by atoms with van der Waals surface area (Å²) in [6.07, 6.45) is 1.55. The van der Waals surface area contributed by atoms with Crippen LogP contribution in [0.25, 0.3) is 16.7 Å². The zero-order valence-electron chi connectivity index (χ0n) is 13.9. The maximum Gasteiger partial charge on any atom is 0.309 e. The maximum atomic E-state index is 11.6. The van der Waals surface area contributed by atoms with Crippen molar-refractivity contribution in [2.24, 2.45) is 0 Å². The Bertz CT molecular complexity index is 863. The molecule has 1 fully saturated rings. The minimum Gasteiger partial charge on any atom is -0.458 e. The monoisotopic (exact) mass is 320 g/mol. The van der Waals surface area contributed by atoms with E-state index >= 15 is 0 Å². The molecule has 122 valence electrons. The van der Waals surface area contributed by atoms with Crippen LogP contribution in [-0.2, 0) is 9.53 Å². The van der Waals surface area contributed by atoms with Crippen LogP contribution in [0, 0.1) is 13.8 Å². The van der Waals surface area contributed by atoms with Crippen LogP contribution in [0.3, 0.4) is 0 Å². The summed E-state index contributed by atoms with van der Waals surface area (Å²) in [4.78, 5) is 11.6. The molecule has 0 saturated carbocycles. The molecule has 3 nitrogen and oxygen atoms in total. The van der Waals surface area contributed by atoms with Crippen LogP contribution in [0.4, 0.5) is 0 Å². The van der Waals surface area contributed by atoms with Crippen molar-refractivity contribution in [1.82, 2.24) is 0 Å². The maximum absolute atomic E-state index is 11.6. The van der Waals surface area contributed by atoms with E-state index < -0.39 is 6.10 Å². The number of fused-ring (bicyclic) bond motifs is 3. The Hall–Kier alpha value is -2.39. The third-order valence-corrected chi connectivity index (χ3v) is 4.80. The van der Waals surface area contributed by atoms with E-state index in [1.165, 1.54) is 27.8 Å². The summed E-state index contributed by atoms with van der Waals surface area (Å²) in [5, 5.41) is 9.88. The molecule has 0 radical (unpaired) electrons. The topological polar surface area (TPSA) is 46.5 Å². The van der Waals surface area contributed by atoms with Gasteiger partial charge in [0.2, 0.25) is 0 Å². The second kappa shape index (κ2) is 5.60. The van der Waals surface area contributed by atoms with Crippen LogP contribution in [-0.4, -0.2) is 23.3 Å². The molecule has 2 aromatic rings. The lowest BCUT2D eigenvalue weighted by atomic mass is 9.94. The molecule has 2 aliphatic rings. The van der Waals surface area contributed by atoms with Crippen molar-refractivity contribution in [3.05, 3.63) is 64.7 Å². The number of carbonyl (C=O) groups is 1. The number of hydrogen-bond donors (Lipinski definition) is 1. The Morgan fingerprint density at radius 1 is 1.12 bits per heavy atom. The quantitative estimate of drug-likeness (QED) is 0.694. The molecule has 0 amide bonds. The average Bonchev–Trinajstić information content (AvgIpc) is 2.81. The summed E-state index contributed by atoms with van der Waals surface area (Å²) in [5.74, 6) is -0.331. The van der Waals surface area contributed by atoms with Gasteiger partial charge in [0.25, 0.3) is 0 Å². The molecular weight excluding hydrogens is 300 g/mol. The fourth-order valence-corrected chi connectivity index (χ4v) is 3.90. The van der Waals surface area contributed by atoms with Crippen molar-refractivity contribution in [2.45, 2.75) is 38.9 Å². The summed E-state index contributed by atoms with van der Waals surface area (Å²) < 4.78 is 5.44. The predicted octanol–water partition coefficient (Wildman–Crippen LogP) is 3.78. The summed E-state index contributed by atoms with van der Waals surface area (Å²) in [6, 6.07) is 12.7. The third-order valence-electron chi connectivity index (χ3n) is 4.80. The molecule has 0 unspecified atom stereocenters. The summed E-state index contributed by atoms with van der Waals surface area (Å²) in [6.45, 7) is 4.23. The van der Waals surface area contributed by atoms with Gasteiger partial charge in [-0.2, -0.15) is 0 Å². The van der Waals surface area contributed by atoms with Crippen molar-refractivity contribution >= 4 is 11.5 Å². The van der Waals surface area contributed by atoms with Gasteiger partial charge in [0.1, 0.15) is 6.10 Å². The Morgan fingerprint density at radius 2 is 1.88 bits per heavy atom. The van der Waals surface area contributed by atoms with Gasteiger partial charge in [-0.1, -0.05) is 42.0 Å². The number of cyclic esters (lactones) is 1. The van der Waals surface area contributed by atoms with Gasteiger partial charge in [-0.15, -0.1) is 0 Å². The molecule has 1 aliphatic carbocycles. The third kappa shape index (κ3) is 2.45. The number of aryl methyl sites for hydroxylation is 2. The number of benzene rings is 2. The van der Waals surface area contributed by atoms with Gasteiger partial charge in [-0.25, -0.2) is 0 Å². The molecule has 24 heavy (non-hydrogen) atoms. The van der Waals surface area contributed by atoms with Crippen molar-refractivity contribution in [1.29, 1.82) is 0 Å². The minimum atomic E-state index is -0.622. The van der Waals surface area contributed by atoms with E-state index in [9.17, 15) is 9.90 Å². The van der Waals surface area contributed by atoms with Crippen LogP contribution < -0.4 is 0 Å². The Morgan fingerprint density at radius 3 is 2.62 bits per heavy atom. The molecule has 1 heterocycles. The van der Waals surface area contributed by atoms with E-state index in [-0.39, 0.29) is 18.5 Å². The predicted molar refractivity (Wildman–Crippen MR) is 93.6 cm³/mol. The molecule has 4 rings (SSSR count). The van der Waals surface area contributed by atoms with Gasteiger partial charge in [0.15, 0.2) is 0 Å². The van der Waals surface area contributed by atoms with Crippen molar-refractivity contribution < 1.29 is 14.6 Å². The normalized spacial score (nSPS) is 23.8. The van der Waals surface area contributed by atoms with Gasteiger partial charge in [0, 0.05) is 6.42 Å². The number of aliphatic hydroxyl groups is 1. The van der Waals surface area contributed by atoms with Crippen molar-refractivity contribution in [3.8, 4) is 11.1 Å². The second-order valence-electron chi connectivity index (χ2n) is 6.75. The van der Waals surface area contributed by atoms with Gasteiger partial charge in [0.05, 0.1) is 12.5 Å². The highest BCUT2D eigenvalue weighted by Crippen LogP contribution is 2.46. The number of ether oxygens (including phenoxy) is 1. The molecular formula is C21H20O3. The van der Waals surface area contributed by atoms with Crippen LogP contribution in [0.2, 0.25) is 0 Å². The smallest absolute Gasteiger partial charge is 0.309 e. The van der Waals surface area contributed by atoms with E-state index in [4.69, 9.17) is 4.74 Å². The zero-order chi connectivity index (χ0) is 16.8. The molecule has 2 aromatic carbocycles. The summed E-state index contributed by atoms with van der Waals surface area (Å²) in [5.41, 5.74) is 8.38. The van der Waals surface area contributed by atoms with Gasteiger partial charge in [-0.3, -0.25) is 4.79 Å². The van der Waals surface area contributed by atoms with Gasteiger partial charge in [-0.05, 0) is 53.3 Å². The molecule has 1 N–H and O–H groups in total. The number of carbonyl (C=O) groups excluding carboxylic acids is 1. The first-order valence-electron chi connectivity index (χ1n) is 8.33. The lowest BCUT2D eigenvalue weighted by molar-refractivity contribution is -0.156. The molecule has 0 bridgehead atoms. The van der Waals surface area contributed by atoms with Crippen LogP contribution in [0.1, 0.15) is 35.1 Å². The molecule has 1 aliphatic heterocycles. The molecule has 1 saturated heterocycles. The molecule has 0 spiro atoms. The largest absolute Gasteiger partial charge is 0.458 e. The van der Waals surface area contributed by atoms with E-state index in [1.54, 1.807) is 0 Å². The first-order chi connectivity index (χ1) is 11.5. The number of aliphatic hydroxyl groups excluding tert-OH is 1. The highest BCUT2D eigenvalue weighted by atomic mass is 16.5. The fourth-order valence-electron chi connectivity index (χ4n) is 3.90. The van der Waals surface area contributed by atoms with Crippen molar-refractivity contribution in [3.63, 3.8) is 0 Å². The number of rotatable bonds is 1. The van der Waals surface area contributed by atoms with Gasteiger partial charge >= 0.3 is 5.97 Å². The standard InChI is InChI=1S/C21H20O3/c1-12-7-13(2)21-18(8-12)16-5-3-4-6-17(16)19(21)11-15-9-14(22)10-20(23)24-15/h3-8,11,14-15,22H,9-10H2,1-2H3/b19-11+/t14-,15+/m1/s1.